The molecule has 1 atom stereocenters. The van der Waals surface area contributed by atoms with Crippen molar-refractivity contribution >= 4 is 5.97 Å². The molecule has 0 aromatic heterocycles. The van der Waals surface area contributed by atoms with Gasteiger partial charge in [0.05, 0.1) is 11.1 Å². The highest BCUT2D eigenvalue weighted by Gasteiger charge is 2.47. The number of aliphatic hydroxyl groups is 1. The largest absolute Gasteiger partial charge is 0.507 e. The molecule has 0 amide bonds. The maximum absolute atomic E-state index is 11.7. The number of phenols is 1. The fourth-order valence-electron chi connectivity index (χ4n) is 2.17. The number of hydrogen-bond donors (Lipinski definition) is 2. The molecule has 1 unspecified atom stereocenters. The van der Waals surface area contributed by atoms with E-state index in [9.17, 15) is 15.0 Å². The molecule has 4 heteroatoms. The molecular formula is C14H10O4. The molecule has 0 radical (unpaired) electrons. The summed E-state index contributed by atoms with van der Waals surface area (Å²) in [6.07, 6.45) is 0. The molecule has 3 rings (SSSR count). The minimum atomic E-state index is -1.92. The van der Waals surface area contributed by atoms with Gasteiger partial charge in [0.25, 0.3) is 5.79 Å². The van der Waals surface area contributed by atoms with Crippen molar-refractivity contribution in [2.75, 3.05) is 0 Å². The fraction of sp³-hybridized carbons (Fsp3) is 0.0714. The topological polar surface area (TPSA) is 66.8 Å². The summed E-state index contributed by atoms with van der Waals surface area (Å²) < 4.78 is 5.04. The third-order valence-electron chi connectivity index (χ3n) is 3.01. The molecule has 18 heavy (non-hydrogen) atoms. The molecule has 2 N–H and O–H groups in total. The van der Waals surface area contributed by atoms with Gasteiger partial charge in [-0.3, -0.25) is 0 Å². The van der Waals surface area contributed by atoms with E-state index in [2.05, 4.69) is 0 Å². The molecule has 2 aromatic rings. The molecule has 0 saturated carbocycles. The van der Waals surface area contributed by atoms with Gasteiger partial charge in [-0.15, -0.1) is 0 Å². The molecule has 0 bridgehead atoms. The van der Waals surface area contributed by atoms with Crippen LogP contribution < -0.4 is 0 Å². The van der Waals surface area contributed by atoms with E-state index in [1.807, 2.05) is 0 Å². The maximum atomic E-state index is 11.7. The van der Waals surface area contributed by atoms with E-state index in [1.165, 1.54) is 18.2 Å². The van der Waals surface area contributed by atoms with Crippen LogP contribution in [0.15, 0.2) is 48.5 Å². The summed E-state index contributed by atoms with van der Waals surface area (Å²) in [5.41, 5.74) is 0.682. The number of fused-ring (bicyclic) bond motifs is 1. The Morgan fingerprint density at radius 1 is 1.00 bits per heavy atom. The molecule has 0 fully saturated rings. The summed E-state index contributed by atoms with van der Waals surface area (Å²) in [4.78, 5) is 11.7. The highest BCUT2D eigenvalue weighted by Crippen LogP contribution is 2.43. The zero-order valence-electron chi connectivity index (χ0n) is 9.33. The Kier molecular flexibility index (Phi) is 2.15. The van der Waals surface area contributed by atoms with Crippen molar-refractivity contribution in [1.29, 1.82) is 0 Å². The van der Waals surface area contributed by atoms with Gasteiger partial charge >= 0.3 is 5.97 Å². The number of cyclic esters (lactones) is 1. The van der Waals surface area contributed by atoms with Crippen LogP contribution in [0.1, 0.15) is 21.5 Å². The monoisotopic (exact) mass is 242 g/mol. The van der Waals surface area contributed by atoms with Gasteiger partial charge in [0, 0.05) is 5.56 Å². The third-order valence-corrected chi connectivity index (χ3v) is 3.01. The Hall–Kier alpha value is -2.33. The number of phenolic OH excluding ortho intramolecular Hbond substituents is 1. The molecule has 0 spiro atoms. The highest BCUT2D eigenvalue weighted by molar-refractivity contribution is 5.96. The molecule has 0 aliphatic carbocycles. The Balaban J connectivity index is 2.27. The lowest BCUT2D eigenvalue weighted by Gasteiger charge is -2.23. The van der Waals surface area contributed by atoms with Crippen LogP contribution in [-0.2, 0) is 10.5 Å². The first-order valence-electron chi connectivity index (χ1n) is 5.46. The number of carbonyl (C=O) groups is 1. The van der Waals surface area contributed by atoms with Crippen molar-refractivity contribution in [2.24, 2.45) is 0 Å². The van der Waals surface area contributed by atoms with Gasteiger partial charge in [-0.1, -0.05) is 36.4 Å². The predicted octanol–water partition coefficient (Wildman–Crippen LogP) is 1.76. The van der Waals surface area contributed by atoms with E-state index < -0.39 is 11.8 Å². The Morgan fingerprint density at radius 3 is 2.44 bits per heavy atom. The molecule has 0 saturated heterocycles. The Morgan fingerprint density at radius 2 is 1.72 bits per heavy atom. The van der Waals surface area contributed by atoms with E-state index >= 15 is 0 Å². The second-order valence-electron chi connectivity index (χ2n) is 4.10. The van der Waals surface area contributed by atoms with Crippen molar-refractivity contribution in [2.45, 2.75) is 5.79 Å². The number of benzene rings is 2. The van der Waals surface area contributed by atoms with Gasteiger partial charge < -0.3 is 14.9 Å². The molecular weight excluding hydrogens is 232 g/mol. The third kappa shape index (κ3) is 1.33. The minimum absolute atomic E-state index is 0.0983. The molecule has 1 aliphatic rings. The minimum Gasteiger partial charge on any atom is -0.507 e. The number of hydrogen-bond acceptors (Lipinski definition) is 4. The normalized spacial score (nSPS) is 21.5. The van der Waals surface area contributed by atoms with E-state index in [4.69, 9.17) is 4.74 Å². The van der Waals surface area contributed by atoms with Gasteiger partial charge in [0.2, 0.25) is 0 Å². The second-order valence-corrected chi connectivity index (χ2v) is 4.10. The summed E-state index contributed by atoms with van der Waals surface area (Å²) in [6.45, 7) is 0. The van der Waals surface area contributed by atoms with Crippen molar-refractivity contribution in [3.63, 3.8) is 0 Å². The van der Waals surface area contributed by atoms with Crippen molar-refractivity contribution in [1.82, 2.24) is 0 Å². The first-order chi connectivity index (χ1) is 8.63. The standard InChI is InChI=1S/C14H10O4/c15-11-8-4-7-10-12(11)14(17,18-13(10)16)9-5-2-1-3-6-9/h1-8,15,17H. The van der Waals surface area contributed by atoms with Gasteiger partial charge in [0.1, 0.15) is 5.75 Å². The number of esters is 1. The first-order valence-corrected chi connectivity index (χ1v) is 5.46. The number of rotatable bonds is 1. The molecule has 1 aliphatic heterocycles. The van der Waals surface area contributed by atoms with E-state index in [-0.39, 0.29) is 16.9 Å². The van der Waals surface area contributed by atoms with Crippen LogP contribution in [0.4, 0.5) is 0 Å². The summed E-state index contributed by atoms with van der Waals surface area (Å²) in [5, 5.41) is 20.4. The van der Waals surface area contributed by atoms with Crippen molar-refractivity contribution in [3.05, 3.63) is 65.2 Å². The van der Waals surface area contributed by atoms with Gasteiger partial charge in [-0.2, -0.15) is 0 Å². The van der Waals surface area contributed by atoms with Crippen LogP contribution in [-0.4, -0.2) is 16.2 Å². The SMILES string of the molecule is O=C1OC(O)(c2ccccc2)c2c(O)cccc21. The van der Waals surface area contributed by atoms with E-state index in [0.29, 0.717) is 5.56 Å². The summed E-state index contributed by atoms with van der Waals surface area (Å²) >= 11 is 0. The smallest absolute Gasteiger partial charge is 0.341 e. The van der Waals surface area contributed by atoms with Crippen LogP contribution in [0.25, 0.3) is 0 Å². The summed E-state index contributed by atoms with van der Waals surface area (Å²) in [7, 11) is 0. The van der Waals surface area contributed by atoms with Crippen molar-refractivity contribution in [3.8, 4) is 5.75 Å². The number of carbonyl (C=O) groups excluding carboxylic acids is 1. The molecule has 4 nitrogen and oxygen atoms in total. The number of ether oxygens (including phenoxy) is 1. The lowest BCUT2D eigenvalue weighted by atomic mass is 9.95. The molecule has 1 heterocycles. The fourth-order valence-corrected chi connectivity index (χ4v) is 2.17. The van der Waals surface area contributed by atoms with Crippen LogP contribution in [0, 0.1) is 0 Å². The quantitative estimate of drug-likeness (QED) is 0.748. The van der Waals surface area contributed by atoms with Crippen LogP contribution in [0.5, 0.6) is 5.75 Å². The zero-order chi connectivity index (χ0) is 12.8. The lowest BCUT2D eigenvalue weighted by molar-refractivity contribution is -0.130. The lowest BCUT2D eigenvalue weighted by Crippen LogP contribution is -2.27. The van der Waals surface area contributed by atoms with Crippen molar-refractivity contribution < 1.29 is 19.7 Å². The van der Waals surface area contributed by atoms with Crippen LogP contribution in [0.3, 0.4) is 0 Å². The van der Waals surface area contributed by atoms with Crippen LogP contribution >= 0.6 is 0 Å². The average molecular weight is 242 g/mol. The predicted molar refractivity (Wildman–Crippen MR) is 63.0 cm³/mol. The van der Waals surface area contributed by atoms with E-state index in [1.54, 1.807) is 30.3 Å². The van der Waals surface area contributed by atoms with Gasteiger partial charge in [-0.05, 0) is 12.1 Å². The summed E-state index contributed by atoms with van der Waals surface area (Å²) in [5.74, 6) is -2.73. The maximum Gasteiger partial charge on any atom is 0.341 e. The Bertz CT molecular complexity index is 621. The molecule has 90 valence electrons. The molecule has 2 aromatic carbocycles. The van der Waals surface area contributed by atoms with Crippen LogP contribution in [0.2, 0.25) is 0 Å². The second kappa shape index (κ2) is 3.58. The van der Waals surface area contributed by atoms with Gasteiger partial charge in [0.15, 0.2) is 0 Å². The summed E-state index contributed by atoms with van der Waals surface area (Å²) in [6, 6.07) is 13.0. The Labute approximate surface area is 103 Å². The average Bonchev–Trinajstić information content (AvgIpc) is 2.65. The highest BCUT2D eigenvalue weighted by atomic mass is 16.7. The zero-order valence-corrected chi connectivity index (χ0v) is 9.33. The van der Waals surface area contributed by atoms with Gasteiger partial charge in [-0.25, -0.2) is 4.79 Å². The van der Waals surface area contributed by atoms with E-state index in [0.717, 1.165) is 0 Å². The number of aromatic hydroxyl groups is 1. The first kappa shape index (κ1) is 10.8.